The number of hydrogen-bond acceptors (Lipinski definition) is 4. The number of carbonyl (C=O) groups excluding carboxylic acids is 1. The van der Waals surface area contributed by atoms with E-state index in [-0.39, 0.29) is 22.9 Å². The van der Waals surface area contributed by atoms with E-state index < -0.39 is 29.9 Å². The number of halogens is 1. The fourth-order valence-corrected chi connectivity index (χ4v) is 4.14. The third kappa shape index (κ3) is 6.93. The summed E-state index contributed by atoms with van der Waals surface area (Å²) in [5, 5.41) is 25.0. The molecular formula is C28H29ClN2O5. The molecule has 0 radical (unpaired) electrons. The van der Waals surface area contributed by atoms with Crippen molar-refractivity contribution in [3.8, 4) is 11.1 Å². The molecule has 7 nitrogen and oxygen atoms in total. The van der Waals surface area contributed by atoms with Crippen LogP contribution >= 0.6 is 11.6 Å². The van der Waals surface area contributed by atoms with Gasteiger partial charge in [-0.15, -0.1) is 0 Å². The molecule has 1 amide bonds. The molecule has 8 heteroatoms. The molecule has 3 rings (SSSR count). The van der Waals surface area contributed by atoms with Crippen molar-refractivity contribution in [1.29, 1.82) is 0 Å². The Labute approximate surface area is 215 Å². The van der Waals surface area contributed by atoms with Gasteiger partial charge in [0.25, 0.3) is 5.91 Å². The summed E-state index contributed by atoms with van der Waals surface area (Å²) in [4.78, 5) is 35.9. The maximum Gasteiger partial charge on any atom is 0.326 e. The lowest BCUT2D eigenvalue weighted by molar-refractivity contribution is -0.141. The summed E-state index contributed by atoms with van der Waals surface area (Å²) in [5.41, 5.74) is 3.78. The molecule has 0 unspecified atom stereocenters. The summed E-state index contributed by atoms with van der Waals surface area (Å²) >= 11 is 6.06. The van der Waals surface area contributed by atoms with E-state index in [9.17, 15) is 24.6 Å². The number of carboxylic acid groups (broad SMARTS) is 2. The zero-order chi connectivity index (χ0) is 26.2. The first kappa shape index (κ1) is 26.9. The maximum absolute atomic E-state index is 12.5. The number of rotatable bonds is 11. The molecule has 36 heavy (non-hydrogen) atoms. The highest BCUT2D eigenvalue weighted by atomic mass is 35.5. The summed E-state index contributed by atoms with van der Waals surface area (Å²) < 4.78 is 0. The van der Waals surface area contributed by atoms with Crippen LogP contribution in [-0.2, 0) is 22.6 Å². The second kappa shape index (κ2) is 12.3. The smallest absolute Gasteiger partial charge is 0.326 e. The van der Waals surface area contributed by atoms with Crippen molar-refractivity contribution >= 4 is 29.4 Å². The molecular weight excluding hydrogens is 480 g/mol. The lowest BCUT2D eigenvalue weighted by Gasteiger charge is -2.19. The van der Waals surface area contributed by atoms with E-state index in [1.54, 1.807) is 18.2 Å². The van der Waals surface area contributed by atoms with Crippen molar-refractivity contribution < 1.29 is 24.6 Å². The van der Waals surface area contributed by atoms with Gasteiger partial charge in [-0.3, -0.25) is 9.59 Å². The molecule has 0 spiro atoms. The van der Waals surface area contributed by atoms with Gasteiger partial charge in [0.2, 0.25) is 0 Å². The van der Waals surface area contributed by atoms with Gasteiger partial charge < -0.3 is 20.8 Å². The minimum Gasteiger partial charge on any atom is -0.480 e. The van der Waals surface area contributed by atoms with Crippen LogP contribution in [0.1, 0.15) is 35.3 Å². The van der Waals surface area contributed by atoms with Crippen molar-refractivity contribution in [2.24, 2.45) is 5.92 Å². The normalized spacial score (nSPS) is 12.7. The van der Waals surface area contributed by atoms with Gasteiger partial charge >= 0.3 is 11.9 Å². The number of aliphatic carboxylic acids is 2. The molecule has 3 aromatic rings. The molecule has 0 bridgehead atoms. The van der Waals surface area contributed by atoms with E-state index in [0.29, 0.717) is 6.54 Å². The van der Waals surface area contributed by atoms with Crippen LogP contribution in [0.25, 0.3) is 11.1 Å². The van der Waals surface area contributed by atoms with Crippen LogP contribution in [0, 0.1) is 5.92 Å². The predicted molar refractivity (Wildman–Crippen MR) is 139 cm³/mol. The molecule has 0 heterocycles. The van der Waals surface area contributed by atoms with Gasteiger partial charge in [0.05, 0.1) is 10.6 Å². The van der Waals surface area contributed by atoms with E-state index in [1.165, 1.54) is 6.07 Å². The second-order valence-corrected chi connectivity index (χ2v) is 9.25. The first-order valence-electron chi connectivity index (χ1n) is 11.6. The summed E-state index contributed by atoms with van der Waals surface area (Å²) in [6, 6.07) is 19.8. The van der Waals surface area contributed by atoms with Crippen molar-refractivity contribution in [2.75, 3.05) is 0 Å². The van der Waals surface area contributed by atoms with E-state index in [1.807, 2.05) is 62.4 Å². The zero-order valence-electron chi connectivity index (χ0n) is 20.1. The molecule has 0 aliphatic carbocycles. The van der Waals surface area contributed by atoms with Crippen LogP contribution < -0.4 is 10.6 Å². The van der Waals surface area contributed by atoms with Crippen molar-refractivity contribution in [3.63, 3.8) is 0 Å². The molecule has 2 atom stereocenters. The van der Waals surface area contributed by atoms with Gasteiger partial charge in [0, 0.05) is 13.0 Å². The summed E-state index contributed by atoms with van der Waals surface area (Å²) in [5.74, 6) is -2.64. The summed E-state index contributed by atoms with van der Waals surface area (Å²) in [6.45, 7) is 4.11. The Bertz CT molecular complexity index is 1230. The molecule has 3 aromatic carbocycles. The second-order valence-electron chi connectivity index (χ2n) is 8.84. The zero-order valence-corrected chi connectivity index (χ0v) is 20.8. The van der Waals surface area contributed by atoms with Crippen molar-refractivity contribution in [3.05, 3.63) is 94.5 Å². The third-order valence-corrected chi connectivity index (χ3v) is 6.22. The van der Waals surface area contributed by atoms with E-state index in [0.717, 1.165) is 22.3 Å². The largest absolute Gasteiger partial charge is 0.480 e. The quantitative estimate of drug-likeness (QED) is 0.300. The molecule has 0 saturated heterocycles. The Morgan fingerprint density at radius 3 is 2.11 bits per heavy atom. The van der Waals surface area contributed by atoms with Crippen LogP contribution in [0.2, 0.25) is 5.02 Å². The predicted octanol–water partition coefficient (Wildman–Crippen LogP) is 4.63. The average molecular weight is 509 g/mol. The number of nitrogens with one attached hydrogen (secondary N) is 2. The van der Waals surface area contributed by atoms with Crippen molar-refractivity contribution in [2.45, 2.75) is 38.9 Å². The van der Waals surface area contributed by atoms with Crippen LogP contribution in [0.5, 0.6) is 0 Å². The fraction of sp³-hybridized carbons (Fsp3) is 0.250. The summed E-state index contributed by atoms with van der Waals surface area (Å²) in [7, 11) is 0. The van der Waals surface area contributed by atoms with E-state index >= 15 is 0 Å². The lowest BCUT2D eigenvalue weighted by atomic mass is 9.96. The molecule has 4 N–H and O–H groups in total. The van der Waals surface area contributed by atoms with E-state index in [2.05, 4.69) is 10.6 Å². The first-order valence-corrected chi connectivity index (χ1v) is 12.0. The molecule has 0 fully saturated rings. The highest BCUT2D eigenvalue weighted by molar-refractivity contribution is 6.33. The van der Waals surface area contributed by atoms with Crippen LogP contribution in [0.15, 0.2) is 72.8 Å². The Morgan fingerprint density at radius 1 is 0.861 bits per heavy atom. The lowest BCUT2D eigenvalue weighted by Crippen LogP contribution is -2.42. The molecule has 0 aromatic heterocycles. The van der Waals surface area contributed by atoms with Gasteiger partial charge in [-0.25, -0.2) is 4.79 Å². The van der Waals surface area contributed by atoms with Crippen molar-refractivity contribution in [1.82, 2.24) is 10.6 Å². The fourth-order valence-electron chi connectivity index (χ4n) is 3.92. The first-order chi connectivity index (χ1) is 17.2. The molecule has 188 valence electrons. The molecule has 0 aliphatic rings. The average Bonchev–Trinajstić information content (AvgIpc) is 2.84. The molecule has 0 saturated carbocycles. The minimum absolute atomic E-state index is 0.0606. The van der Waals surface area contributed by atoms with Crippen LogP contribution in [-0.4, -0.2) is 40.1 Å². The Hall–Kier alpha value is -3.68. The maximum atomic E-state index is 12.5. The minimum atomic E-state index is -1.14. The standard InChI is InChI=1S/C28H29ClN2O5/c1-17(2)25(28(35)36)30-16-20-7-3-4-8-21(20)19-13-11-18(12-14-19)15-24(27(33)34)31-26(32)22-9-5-6-10-23(22)29/h3-14,17,24-25,30H,15-16H2,1-2H3,(H,31,32)(H,33,34)(H,35,36)/t24-,25+/m0/s1. The SMILES string of the molecule is CC(C)[C@@H](NCc1ccccc1-c1ccc(C[C@H](NC(=O)c2ccccc2Cl)C(=O)O)cc1)C(=O)O. The molecule has 0 aliphatic heterocycles. The van der Waals surface area contributed by atoms with Gasteiger partial charge in [0.15, 0.2) is 0 Å². The number of hydrogen-bond donors (Lipinski definition) is 4. The number of carbonyl (C=O) groups is 3. The highest BCUT2D eigenvalue weighted by Gasteiger charge is 2.23. The monoisotopic (exact) mass is 508 g/mol. The highest BCUT2D eigenvalue weighted by Crippen LogP contribution is 2.25. The number of amides is 1. The van der Waals surface area contributed by atoms with E-state index in [4.69, 9.17) is 11.6 Å². The Balaban J connectivity index is 1.73. The van der Waals surface area contributed by atoms with Gasteiger partial charge in [-0.2, -0.15) is 0 Å². The van der Waals surface area contributed by atoms with Gasteiger partial charge in [-0.05, 0) is 40.3 Å². The summed E-state index contributed by atoms with van der Waals surface area (Å²) in [6.07, 6.45) is 0.101. The number of carboxylic acids is 2. The van der Waals surface area contributed by atoms with Gasteiger partial charge in [0.1, 0.15) is 12.1 Å². The topological polar surface area (TPSA) is 116 Å². The number of benzene rings is 3. The Morgan fingerprint density at radius 2 is 1.50 bits per heavy atom. The van der Waals surface area contributed by atoms with Gasteiger partial charge in [-0.1, -0.05) is 86.1 Å². The third-order valence-electron chi connectivity index (χ3n) is 5.89. The van der Waals surface area contributed by atoms with Crippen LogP contribution in [0.3, 0.4) is 0 Å². The van der Waals surface area contributed by atoms with Crippen LogP contribution in [0.4, 0.5) is 0 Å². The Kier molecular flexibility index (Phi) is 9.22.